The molecule has 0 bridgehead atoms. The summed E-state index contributed by atoms with van der Waals surface area (Å²) in [6.07, 6.45) is 0. The van der Waals surface area contributed by atoms with Gasteiger partial charge in [-0.05, 0) is 71.4 Å². The Balaban J connectivity index is 1.06. The Morgan fingerprint density at radius 3 is 1.34 bits per heavy atom. The number of nitrogens with zero attached hydrogens (tertiary/aromatic N) is 2. The molecule has 0 saturated carbocycles. The Hall–Kier alpha value is -7.96. The summed E-state index contributed by atoms with van der Waals surface area (Å²) in [6.45, 7) is 1.95. The van der Waals surface area contributed by atoms with E-state index in [4.69, 9.17) is 14.2 Å². The zero-order valence-corrected chi connectivity index (χ0v) is 33.2. The van der Waals surface area contributed by atoms with Crippen molar-refractivity contribution in [3.05, 3.63) is 200 Å². The van der Waals surface area contributed by atoms with Gasteiger partial charge >= 0.3 is 0 Å². The lowest BCUT2D eigenvalue weighted by molar-refractivity contribution is 0.442. The molecule has 0 N–H and O–H groups in total. The monoisotopic (exact) mass is 782 g/mol. The normalized spacial score (nSPS) is 12.6. The van der Waals surface area contributed by atoms with Crippen LogP contribution in [0.25, 0.3) is 66.1 Å². The van der Waals surface area contributed by atoms with Crippen molar-refractivity contribution in [1.82, 2.24) is 9.13 Å². The third-order valence-corrected chi connectivity index (χ3v) is 12.7. The Morgan fingerprint density at radius 1 is 0.426 bits per heavy atom. The molecule has 9 aromatic carbocycles. The molecular formula is C55H35BN2O3. The second kappa shape index (κ2) is 13.0. The predicted octanol–water partition coefficient (Wildman–Crippen LogP) is 12.4. The molecule has 0 spiro atoms. The lowest BCUT2D eigenvalue weighted by Gasteiger charge is -2.35. The first-order valence-corrected chi connectivity index (χ1v) is 20.8. The molecule has 0 radical (unpaired) electrons. The number of aromatic nitrogens is 2. The van der Waals surface area contributed by atoms with Crippen LogP contribution in [-0.4, -0.2) is 15.8 Å². The summed E-state index contributed by atoms with van der Waals surface area (Å²) < 4.78 is 26.1. The molecule has 0 aliphatic carbocycles. The van der Waals surface area contributed by atoms with Crippen molar-refractivity contribution in [3.63, 3.8) is 0 Å². The van der Waals surface area contributed by atoms with Gasteiger partial charge in [-0.3, -0.25) is 0 Å². The highest BCUT2D eigenvalue weighted by molar-refractivity contribution is 6.98. The van der Waals surface area contributed by atoms with Crippen LogP contribution in [0.3, 0.4) is 0 Å². The molecular weight excluding hydrogens is 747 g/mol. The molecule has 13 rings (SSSR count). The van der Waals surface area contributed by atoms with E-state index in [0.29, 0.717) is 17.2 Å². The van der Waals surface area contributed by atoms with E-state index in [2.05, 4.69) is 186 Å². The summed E-state index contributed by atoms with van der Waals surface area (Å²) >= 11 is 0. The molecule has 0 saturated heterocycles. The lowest BCUT2D eigenvalue weighted by Crippen LogP contribution is -2.57. The second-order valence-electron chi connectivity index (χ2n) is 16.0. The molecule has 5 nitrogen and oxygen atoms in total. The van der Waals surface area contributed by atoms with E-state index in [1.165, 1.54) is 27.1 Å². The number of hydrogen-bond donors (Lipinski definition) is 0. The Morgan fingerprint density at radius 2 is 0.852 bits per heavy atom. The van der Waals surface area contributed by atoms with Crippen LogP contribution in [-0.2, 0) is 0 Å². The van der Waals surface area contributed by atoms with E-state index in [0.717, 1.165) is 78.2 Å². The zero-order valence-electron chi connectivity index (χ0n) is 33.2. The molecule has 0 unspecified atom stereocenters. The van der Waals surface area contributed by atoms with Crippen LogP contribution in [0.1, 0.15) is 5.56 Å². The SMILES string of the molecule is Cc1ccccc1-c1ccccc1Oc1cc2c3c(c1)Oc1c(cccc1-n1c4ccccc4c4ccccc41)B3c1cccc(-n3c4ccccc4c4ccccc43)c1O2. The molecule has 4 heterocycles. The van der Waals surface area contributed by atoms with Gasteiger partial charge < -0.3 is 23.3 Å². The molecule has 6 heteroatoms. The van der Waals surface area contributed by atoms with E-state index in [1.54, 1.807) is 0 Å². The third kappa shape index (κ3) is 4.96. The van der Waals surface area contributed by atoms with Crippen molar-refractivity contribution in [3.8, 4) is 57.0 Å². The number of para-hydroxylation sites is 7. The summed E-state index contributed by atoms with van der Waals surface area (Å²) in [5.74, 6) is 4.42. The van der Waals surface area contributed by atoms with Gasteiger partial charge in [-0.1, -0.05) is 140 Å². The van der Waals surface area contributed by atoms with Gasteiger partial charge in [0.2, 0.25) is 0 Å². The molecule has 0 amide bonds. The molecule has 286 valence electrons. The summed E-state index contributed by atoms with van der Waals surface area (Å²) in [4.78, 5) is 0. The third-order valence-electron chi connectivity index (χ3n) is 12.7. The second-order valence-corrected chi connectivity index (χ2v) is 16.0. The van der Waals surface area contributed by atoms with Crippen molar-refractivity contribution in [1.29, 1.82) is 0 Å². The number of fused-ring (bicyclic) bond motifs is 10. The standard InChI is InChI=1S/C55H35BN2O3/c1-34-16-2-3-17-36(34)41-22-8-13-31-50(41)59-35-32-51-53-52(33-35)61-55-43(24-15-30-49(55)58-46-27-11-6-20-39(46)40-21-7-12-28-47(40)58)56(53)42-23-14-29-48(54(42)60-51)57-44-25-9-4-18-37(44)38-19-5-10-26-45(38)57/h2-33H,1H3. The van der Waals surface area contributed by atoms with Gasteiger partial charge in [-0.15, -0.1) is 0 Å². The fraction of sp³-hybridized carbons (Fsp3) is 0.0182. The Bertz CT molecular complexity index is 3320. The number of benzene rings is 9. The van der Waals surface area contributed by atoms with E-state index in [1.807, 2.05) is 24.3 Å². The van der Waals surface area contributed by atoms with Crippen LogP contribution in [0.5, 0.6) is 34.5 Å². The maximum absolute atomic E-state index is 7.24. The fourth-order valence-electron chi connectivity index (χ4n) is 10.0. The average Bonchev–Trinajstić information content (AvgIpc) is 3.82. The number of aryl methyl sites for hydroxylation is 1. The average molecular weight is 783 g/mol. The number of hydrogen-bond acceptors (Lipinski definition) is 3. The topological polar surface area (TPSA) is 37.5 Å². The van der Waals surface area contributed by atoms with Crippen molar-refractivity contribution < 1.29 is 14.2 Å². The minimum Gasteiger partial charge on any atom is -0.456 e. The number of ether oxygens (including phenoxy) is 3. The molecule has 61 heavy (non-hydrogen) atoms. The van der Waals surface area contributed by atoms with Crippen molar-refractivity contribution in [2.75, 3.05) is 0 Å². The van der Waals surface area contributed by atoms with Crippen LogP contribution >= 0.6 is 0 Å². The first-order chi connectivity index (χ1) is 30.2. The van der Waals surface area contributed by atoms with E-state index >= 15 is 0 Å². The summed E-state index contributed by atoms with van der Waals surface area (Å²) in [6, 6.07) is 68.3. The van der Waals surface area contributed by atoms with Gasteiger partial charge in [-0.2, -0.15) is 0 Å². The van der Waals surface area contributed by atoms with Gasteiger partial charge in [0.25, 0.3) is 6.71 Å². The first-order valence-electron chi connectivity index (χ1n) is 20.8. The molecule has 2 aliphatic heterocycles. The quantitative estimate of drug-likeness (QED) is 0.163. The van der Waals surface area contributed by atoms with E-state index in [9.17, 15) is 0 Å². The molecule has 0 fully saturated rings. The van der Waals surface area contributed by atoms with Crippen LogP contribution < -0.4 is 30.6 Å². The minimum absolute atomic E-state index is 0.188. The molecule has 0 atom stereocenters. The van der Waals surface area contributed by atoms with Crippen LogP contribution in [0.4, 0.5) is 0 Å². The van der Waals surface area contributed by atoms with Crippen molar-refractivity contribution in [2.45, 2.75) is 6.92 Å². The maximum atomic E-state index is 7.24. The Kier molecular flexibility index (Phi) is 7.25. The molecule has 2 aliphatic rings. The first kappa shape index (κ1) is 34.0. The predicted molar refractivity (Wildman–Crippen MR) is 249 cm³/mol. The smallest absolute Gasteiger partial charge is 0.260 e. The van der Waals surface area contributed by atoms with Gasteiger partial charge in [0.15, 0.2) is 0 Å². The van der Waals surface area contributed by atoms with Crippen LogP contribution in [0.2, 0.25) is 0 Å². The largest absolute Gasteiger partial charge is 0.456 e. The molecule has 2 aromatic heterocycles. The van der Waals surface area contributed by atoms with Gasteiger partial charge in [0, 0.05) is 44.7 Å². The van der Waals surface area contributed by atoms with Crippen molar-refractivity contribution >= 4 is 66.7 Å². The number of rotatable bonds is 5. The van der Waals surface area contributed by atoms with E-state index < -0.39 is 0 Å². The summed E-state index contributed by atoms with van der Waals surface area (Å²) in [7, 11) is 0. The lowest BCUT2D eigenvalue weighted by atomic mass is 9.34. The molecule has 11 aromatic rings. The van der Waals surface area contributed by atoms with Crippen molar-refractivity contribution in [2.24, 2.45) is 0 Å². The summed E-state index contributed by atoms with van der Waals surface area (Å²) in [5.41, 5.74) is 12.9. The van der Waals surface area contributed by atoms with Gasteiger partial charge in [0.05, 0.1) is 33.4 Å². The zero-order chi connectivity index (χ0) is 40.2. The van der Waals surface area contributed by atoms with Crippen LogP contribution in [0.15, 0.2) is 194 Å². The highest BCUT2D eigenvalue weighted by Crippen LogP contribution is 2.45. The summed E-state index contributed by atoms with van der Waals surface area (Å²) in [5, 5.41) is 4.79. The fourth-order valence-corrected chi connectivity index (χ4v) is 10.0. The van der Waals surface area contributed by atoms with Gasteiger partial charge in [-0.25, -0.2) is 0 Å². The minimum atomic E-state index is -0.188. The van der Waals surface area contributed by atoms with E-state index in [-0.39, 0.29) is 6.71 Å². The highest BCUT2D eigenvalue weighted by atomic mass is 16.5. The Labute approximate surface area is 352 Å². The van der Waals surface area contributed by atoms with Crippen LogP contribution in [0, 0.1) is 6.92 Å². The maximum Gasteiger partial charge on any atom is 0.260 e. The van der Waals surface area contributed by atoms with Gasteiger partial charge in [0.1, 0.15) is 34.5 Å². The highest BCUT2D eigenvalue weighted by Gasteiger charge is 2.43.